The molecular formula is C14H26BBrClNO2. The first-order valence-electron chi connectivity index (χ1n) is 7.54. The molecule has 1 aliphatic heterocycles. The zero-order valence-electron chi connectivity index (χ0n) is 12.6. The molecule has 0 unspecified atom stereocenters. The molecule has 2 bridgehead atoms. The van der Waals surface area contributed by atoms with E-state index in [4.69, 9.17) is 15.0 Å². The largest absolute Gasteiger partial charge is 0.475 e. The van der Waals surface area contributed by atoms with Gasteiger partial charge in [0.15, 0.2) is 0 Å². The smallest absolute Gasteiger partial charge is 0.404 e. The Morgan fingerprint density at radius 1 is 1.35 bits per heavy atom. The number of rotatable bonds is 4. The van der Waals surface area contributed by atoms with Crippen LogP contribution in [0.25, 0.3) is 0 Å². The van der Waals surface area contributed by atoms with Crippen molar-refractivity contribution >= 4 is 35.5 Å². The van der Waals surface area contributed by atoms with Crippen LogP contribution in [0.2, 0.25) is 0 Å². The van der Waals surface area contributed by atoms with Gasteiger partial charge in [0, 0.05) is 11.3 Å². The monoisotopic (exact) mass is 365 g/mol. The topological polar surface area (TPSA) is 44.5 Å². The lowest BCUT2D eigenvalue weighted by Gasteiger charge is -2.64. The van der Waals surface area contributed by atoms with Crippen molar-refractivity contribution in [2.24, 2.45) is 23.0 Å². The highest BCUT2D eigenvalue weighted by Crippen LogP contribution is 2.65. The molecule has 1 heterocycles. The third-order valence-corrected chi connectivity index (χ3v) is 6.55. The molecule has 0 aromatic rings. The SMILES string of the molecule is CC1(C)[C@@H]2C[C@H]3OB([C@@H](N)CCCBr)O[C@@]3(C)[C@H]1C2.Cl. The fraction of sp³-hybridized carbons (Fsp3) is 1.00. The van der Waals surface area contributed by atoms with E-state index in [0.717, 1.165) is 30.5 Å². The maximum absolute atomic E-state index is 6.33. The summed E-state index contributed by atoms with van der Waals surface area (Å²) < 4.78 is 12.5. The Hall–Kier alpha value is 0.715. The normalized spacial score (nSPS) is 42.5. The maximum atomic E-state index is 6.33. The second-order valence-electron chi connectivity index (χ2n) is 7.33. The van der Waals surface area contributed by atoms with Crippen LogP contribution >= 0.6 is 28.3 Å². The summed E-state index contributed by atoms with van der Waals surface area (Å²) in [6.07, 6.45) is 4.72. The van der Waals surface area contributed by atoms with Crippen molar-refractivity contribution in [2.75, 3.05) is 5.33 Å². The lowest BCUT2D eigenvalue weighted by atomic mass is 9.43. The van der Waals surface area contributed by atoms with Gasteiger partial charge in [0.2, 0.25) is 0 Å². The Balaban J connectivity index is 0.00000147. The minimum Gasteiger partial charge on any atom is -0.404 e. The Bertz CT molecular complexity index is 373. The van der Waals surface area contributed by atoms with E-state index >= 15 is 0 Å². The molecule has 0 aromatic carbocycles. The molecule has 4 aliphatic rings. The van der Waals surface area contributed by atoms with Gasteiger partial charge in [-0.05, 0) is 49.9 Å². The second kappa shape index (κ2) is 5.73. The highest BCUT2D eigenvalue weighted by atomic mass is 79.9. The summed E-state index contributed by atoms with van der Waals surface area (Å²) in [7, 11) is -0.204. The van der Waals surface area contributed by atoms with E-state index in [0.29, 0.717) is 11.3 Å². The van der Waals surface area contributed by atoms with Crippen molar-refractivity contribution < 1.29 is 9.31 Å². The van der Waals surface area contributed by atoms with Crippen LogP contribution in [-0.4, -0.2) is 30.1 Å². The number of nitrogens with two attached hydrogens (primary N) is 1. The predicted octanol–water partition coefficient (Wildman–Crippen LogP) is 3.18. The minimum absolute atomic E-state index is 0. The number of halogens is 2. The molecule has 116 valence electrons. The average molecular weight is 367 g/mol. The average Bonchev–Trinajstić information content (AvgIpc) is 2.72. The summed E-state index contributed by atoms with van der Waals surface area (Å²) in [4.78, 5) is 0. The summed E-state index contributed by atoms with van der Waals surface area (Å²) in [6.45, 7) is 7.01. The van der Waals surface area contributed by atoms with E-state index in [9.17, 15) is 0 Å². The van der Waals surface area contributed by atoms with Crippen molar-refractivity contribution in [3.05, 3.63) is 0 Å². The molecule has 3 nitrogen and oxygen atoms in total. The van der Waals surface area contributed by atoms with E-state index in [1.807, 2.05) is 0 Å². The zero-order chi connectivity index (χ0) is 13.8. The third kappa shape index (κ3) is 2.38. The molecule has 6 heteroatoms. The van der Waals surface area contributed by atoms with Crippen LogP contribution in [0.3, 0.4) is 0 Å². The summed E-state index contributed by atoms with van der Waals surface area (Å²) in [5.41, 5.74) is 6.52. The first-order chi connectivity index (χ1) is 8.89. The molecule has 0 aromatic heterocycles. The second-order valence-corrected chi connectivity index (χ2v) is 8.13. The lowest BCUT2D eigenvalue weighted by Crippen LogP contribution is -2.65. The maximum Gasteiger partial charge on any atom is 0.475 e. The van der Waals surface area contributed by atoms with Crippen molar-refractivity contribution in [1.29, 1.82) is 0 Å². The molecule has 3 saturated carbocycles. The van der Waals surface area contributed by atoms with E-state index in [1.54, 1.807) is 0 Å². The fourth-order valence-electron chi connectivity index (χ4n) is 4.53. The van der Waals surface area contributed by atoms with Gasteiger partial charge in [-0.25, -0.2) is 0 Å². The van der Waals surface area contributed by atoms with Crippen LogP contribution in [-0.2, 0) is 9.31 Å². The van der Waals surface area contributed by atoms with Gasteiger partial charge >= 0.3 is 7.12 Å². The summed E-state index contributed by atoms with van der Waals surface area (Å²) in [5, 5.41) is 0.992. The number of hydrogen-bond donors (Lipinski definition) is 1. The van der Waals surface area contributed by atoms with Crippen LogP contribution in [0, 0.1) is 17.3 Å². The van der Waals surface area contributed by atoms with E-state index in [1.165, 1.54) is 6.42 Å². The lowest BCUT2D eigenvalue weighted by molar-refractivity contribution is -0.199. The van der Waals surface area contributed by atoms with E-state index < -0.39 is 0 Å². The van der Waals surface area contributed by atoms with Crippen LogP contribution in [0.5, 0.6) is 0 Å². The van der Waals surface area contributed by atoms with Crippen LogP contribution in [0.15, 0.2) is 0 Å². The summed E-state index contributed by atoms with van der Waals surface area (Å²) in [5.74, 6) is 1.43. The van der Waals surface area contributed by atoms with E-state index in [2.05, 4.69) is 36.7 Å². The molecule has 0 spiro atoms. The van der Waals surface area contributed by atoms with Gasteiger partial charge in [-0.15, -0.1) is 12.4 Å². The molecule has 2 N–H and O–H groups in total. The highest BCUT2D eigenvalue weighted by Gasteiger charge is 2.68. The van der Waals surface area contributed by atoms with Gasteiger partial charge in [-0.2, -0.15) is 0 Å². The van der Waals surface area contributed by atoms with Crippen molar-refractivity contribution in [3.8, 4) is 0 Å². The van der Waals surface area contributed by atoms with Crippen molar-refractivity contribution in [1.82, 2.24) is 0 Å². The third-order valence-electron chi connectivity index (χ3n) is 5.99. The van der Waals surface area contributed by atoms with Gasteiger partial charge in [-0.3, -0.25) is 0 Å². The first kappa shape index (κ1) is 17.1. The predicted molar refractivity (Wildman–Crippen MR) is 88.4 cm³/mol. The molecule has 3 aliphatic carbocycles. The molecular weight excluding hydrogens is 340 g/mol. The zero-order valence-corrected chi connectivity index (χ0v) is 15.0. The van der Waals surface area contributed by atoms with Crippen molar-refractivity contribution in [3.63, 3.8) is 0 Å². The van der Waals surface area contributed by atoms with Gasteiger partial charge in [0.05, 0.1) is 11.7 Å². The Morgan fingerprint density at radius 3 is 2.65 bits per heavy atom. The number of alkyl halides is 1. The highest BCUT2D eigenvalue weighted by molar-refractivity contribution is 9.09. The van der Waals surface area contributed by atoms with Gasteiger partial charge in [0.1, 0.15) is 0 Å². The molecule has 0 radical (unpaired) electrons. The van der Waals surface area contributed by atoms with Crippen LogP contribution in [0.1, 0.15) is 46.5 Å². The van der Waals surface area contributed by atoms with Crippen LogP contribution < -0.4 is 5.73 Å². The van der Waals surface area contributed by atoms with Crippen LogP contribution in [0.4, 0.5) is 0 Å². The van der Waals surface area contributed by atoms with Gasteiger partial charge in [0.25, 0.3) is 0 Å². The first-order valence-corrected chi connectivity index (χ1v) is 8.66. The Labute approximate surface area is 137 Å². The van der Waals surface area contributed by atoms with E-state index in [-0.39, 0.29) is 37.2 Å². The fourth-order valence-corrected chi connectivity index (χ4v) is 4.86. The van der Waals surface area contributed by atoms with Gasteiger partial charge in [-0.1, -0.05) is 29.8 Å². The molecule has 1 saturated heterocycles. The number of hydrogen-bond acceptors (Lipinski definition) is 3. The van der Waals surface area contributed by atoms with Crippen molar-refractivity contribution in [2.45, 2.75) is 64.1 Å². The molecule has 4 rings (SSSR count). The van der Waals surface area contributed by atoms with Gasteiger partial charge < -0.3 is 15.0 Å². The Morgan fingerprint density at radius 2 is 2.05 bits per heavy atom. The molecule has 0 amide bonds. The molecule has 20 heavy (non-hydrogen) atoms. The quantitative estimate of drug-likeness (QED) is 0.614. The minimum atomic E-state index is -0.204. The standard InChI is InChI=1S/C14H25BBrNO2.ClH/c1-13(2)9-7-10(13)14(3)11(8-9)18-15(19-14)12(17)5-4-6-16;/h9-12H,4-8,17H2,1-3H3;1H/t9-,10-,11+,12-,14-;/m0./s1. The summed E-state index contributed by atoms with van der Waals surface area (Å²) >= 11 is 3.45. The summed E-state index contributed by atoms with van der Waals surface area (Å²) in [6, 6.07) is 0. The molecule has 5 atom stereocenters. The molecule has 4 fully saturated rings. The Kier molecular flexibility index (Phi) is 4.89.